The van der Waals surface area contributed by atoms with Crippen LogP contribution in [0.15, 0.2) is 48.5 Å². The number of hydrogen-bond acceptors (Lipinski definition) is 1. The SMILES string of the molecule is [c]1ccccc1CN1CCc2ccccc2C1. The first-order valence-electron chi connectivity index (χ1n) is 6.16. The lowest BCUT2D eigenvalue weighted by Gasteiger charge is -2.28. The van der Waals surface area contributed by atoms with Gasteiger partial charge >= 0.3 is 0 Å². The molecule has 0 N–H and O–H groups in total. The average Bonchev–Trinajstić information content (AvgIpc) is 2.40. The van der Waals surface area contributed by atoms with E-state index in [0.29, 0.717) is 0 Å². The number of rotatable bonds is 2. The van der Waals surface area contributed by atoms with Crippen molar-refractivity contribution in [3.05, 3.63) is 71.3 Å². The second kappa shape index (κ2) is 4.72. The number of benzene rings is 2. The molecule has 0 unspecified atom stereocenters. The van der Waals surface area contributed by atoms with Gasteiger partial charge in [0, 0.05) is 19.6 Å². The lowest BCUT2D eigenvalue weighted by Crippen LogP contribution is -2.29. The zero-order chi connectivity index (χ0) is 11.5. The number of nitrogens with zero attached hydrogens (tertiary/aromatic N) is 1. The average molecular weight is 222 g/mol. The molecule has 0 atom stereocenters. The molecule has 0 bridgehead atoms. The van der Waals surface area contributed by atoms with Crippen LogP contribution in [0.4, 0.5) is 0 Å². The smallest absolute Gasteiger partial charge is 0.0243 e. The summed E-state index contributed by atoms with van der Waals surface area (Å²) in [6.45, 7) is 3.23. The Labute approximate surface area is 103 Å². The molecule has 0 saturated carbocycles. The van der Waals surface area contributed by atoms with Gasteiger partial charge in [-0.2, -0.15) is 0 Å². The van der Waals surface area contributed by atoms with Crippen LogP contribution in [0, 0.1) is 6.07 Å². The fourth-order valence-electron chi connectivity index (χ4n) is 2.46. The van der Waals surface area contributed by atoms with Gasteiger partial charge in [-0.05, 0) is 29.2 Å². The third kappa shape index (κ3) is 2.40. The minimum atomic E-state index is 1.01. The molecule has 2 aromatic carbocycles. The molecule has 3 rings (SSSR count). The maximum atomic E-state index is 3.30. The topological polar surface area (TPSA) is 3.24 Å². The third-order valence-corrected chi connectivity index (χ3v) is 3.38. The zero-order valence-corrected chi connectivity index (χ0v) is 9.89. The largest absolute Gasteiger partial charge is 0.294 e. The normalized spacial score (nSPS) is 15.5. The summed E-state index contributed by atoms with van der Waals surface area (Å²) < 4.78 is 0. The van der Waals surface area contributed by atoms with Gasteiger partial charge in [-0.15, -0.1) is 0 Å². The van der Waals surface area contributed by atoms with Crippen molar-refractivity contribution in [2.24, 2.45) is 0 Å². The van der Waals surface area contributed by atoms with Crippen molar-refractivity contribution in [3.63, 3.8) is 0 Å². The van der Waals surface area contributed by atoms with E-state index in [0.717, 1.165) is 19.6 Å². The molecule has 0 aliphatic carbocycles. The summed E-state index contributed by atoms with van der Waals surface area (Å²) in [5.41, 5.74) is 4.28. The van der Waals surface area contributed by atoms with E-state index in [-0.39, 0.29) is 0 Å². The van der Waals surface area contributed by atoms with Crippen LogP contribution in [0.2, 0.25) is 0 Å². The van der Waals surface area contributed by atoms with E-state index in [2.05, 4.69) is 47.4 Å². The van der Waals surface area contributed by atoms with E-state index < -0.39 is 0 Å². The van der Waals surface area contributed by atoms with E-state index in [1.807, 2.05) is 12.1 Å². The van der Waals surface area contributed by atoms with E-state index in [9.17, 15) is 0 Å². The monoisotopic (exact) mass is 222 g/mol. The minimum Gasteiger partial charge on any atom is -0.294 e. The Morgan fingerprint density at radius 2 is 1.82 bits per heavy atom. The summed E-state index contributed by atoms with van der Waals surface area (Å²) >= 11 is 0. The van der Waals surface area contributed by atoms with Crippen LogP contribution >= 0.6 is 0 Å². The Morgan fingerprint density at radius 3 is 2.65 bits per heavy atom. The van der Waals surface area contributed by atoms with Crippen LogP contribution in [-0.2, 0) is 19.5 Å². The molecule has 2 aromatic rings. The van der Waals surface area contributed by atoms with Gasteiger partial charge in [0.15, 0.2) is 0 Å². The lowest BCUT2D eigenvalue weighted by molar-refractivity contribution is 0.245. The first kappa shape index (κ1) is 10.5. The predicted octanol–water partition coefficient (Wildman–Crippen LogP) is 3.05. The van der Waals surface area contributed by atoms with E-state index in [1.54, 1.807) is 0 Å². The van der Waals surface area contributed by atoms with Crippen molar-refractivity contribution in [2.45, 2.75) is 19.5 Å². The predicted molar refractivity (Wildman–Crippen MR) is 69.5 cm³/mol. The molecule has 1 heteroatoms. The van der Waals surface area contributed by atoms with Gasteiger partial charge in [0.05, 0.1) is 0 Å². The molecular formula is C16H16N. The molecule has 1 heterocycles. The molecule has 0 fully saturated rings. The standard InChI is InChI=1S/C16H16N/c1-2-6-14(7-3-1)12-17-11-10-15-8-4-5-9-16(15)13-17/h1-6,8-9H,10-13H2. The maximum absolute atomic E-state index is 3.30. The van der Waals surface area contributed by atoms with Crippen LogP contribution in [0.5, 0.6) is 0 Å². The molecule has 0 saturated heterocycles. The van der Waals surface area contributed by atoms with Gasteiger partial charge < -0.3 is 0 Å². The Morgan fingerprint density at radius 1 is 1.00 bits per heavy atom. The highest BCUT2D eigenvalue weighted by Gasteiger charge is 2.15. The molecule has 1 radical (unpaired) electrons. The van der Waals surface area contributed by atoms with Crippen molar-refractivity contribution < 1.29 is 0 Å². The number of hydrogen-bond donors (Lipinski definition) is 0. The van der Waals surface area contributed by atoms with Crippen molar-refractivity contribution >= 4 is 0 Å². The fourth-order valence-corrected chi connectivity index (χ4v) is 2.46. The van der Waals surface area contributed by atoms with E-state index >= 15 is 0 Å². The Balaban J connectivity index is 1.72. The molecule has 0 spiro atoms. The van der Waals surface area contributed by atoms with Gasteiger partial charge in [-0.3, -0.25) is 4.90 Å². The molecule has 17 heavy (non-hydrogen) atoms. The number of fused-ring (bicyclic) bond motifs is 1. The highest BCUT2D eigenvalue weighted by molar-refractivity contribution is 5.29. The Hall–Kier alpha value is -1.60. The third-order valence-electron chi connectivity index (χ3n) is 3.38. The Bertz CT molecular complexity index is 490. The lowest BCUT2D eigenvalue weighted by atomic mass is 9.99. The molecule has 0 aromatic heterocycles. The first-order chi connectivity index (χ1) is 8.42. The minimum absolute atomic E-state index is 1.01. The van der Waals surface area contributed by atoms with Crippen LogP contribution in [-0.4, -0.2) is 11.4 Å². The quantitative estimate of drug-likeness (QED) is 0.755. The van der Waals surface area contributed by atoms with E-state index in [4.69, 9.17) is 0 Å². The summed E-state index contributed by atoms with van der Waals surface area (Å²) in [4.78, 5) is 2.49. The maximum Gasteiger partial charge on any atom is 0.0243 e. The highest BCUT2D eigenvalue weighted by atomic mass is 15.1. The molecule has 1 nitrogen and oxygen atoms in total. The Kier molecular flexibility index (Phi) is 2.93. The molecule has 0 amide bonds. The van der Waals surface area contributed by atoms with Crippen LogP contribution in [0.3, 0.4) is 0 Å². The van der Waals surface area contributed by atoms with Crippen LogP contribution < -0.4 is 0 Å². The van der Waals surface area contributed by atoms with Gasteiger partial charge in [0.1, 0.15) is 0 Å². The summed E-state index contributed by atoms with van der Waals surface area (Å²) in [5.74, 6) is 0. The summed E-state index contributed by atoms with van der Waals surface area (Å²) in [5, 5.41) is 0. The van der Waals surface area contributed by atoms with Crippen molar-refractivity contribution in [1.82, 2.24) is 4.90 Å². The second-order valence-electron chi connectivity index (χ2n) is 4.62. The van der Waals surface area contributed by atoms with Gasteiger partial charge in [0.25, 0.3) is 0 Å². The fraction of sp³-hybridized carbons (Fsp3) is 0.250. The van der Waals surface area contributed by atoms with Crippen LogP contribution in [0.25, 0.3) is 0 Å². The van der Waals surface area contributed by atoms with Crippen molar-refractivity contribution in [1.29, 1.82) is 0 Å². The first-order valence-corrected chi connectivity index (χ1v) is 6.16. The molecular weight excluding hydrogens is 206 g/mol. The summed E-state index contributed by atoms with van der Waals surface area (Å²) in [6, 6.07) is 20.3. The summed E-state index contributed by atoms with van der Waals surface area (Å²) in [6.07, 6.45) is 1.17. The highest BCUT2D eigenvalue weighted by Crippen LogP contribution is 2.19. The zero-order valence-electron chi connectivity index (χ0n) is 9.89. The van der Waals surface area contributed by atoms with Gasteiger partial charge in [-0.1, -0.05) is 48.5 Å². The van der Waals surface area contributed by atoms with Crippen LogP contribution in [0.1, 0.15) is 16.7 Å². The molecule has 1 aliphatic heterocycles. The molecule has 1 aliphatic rings. The van der Waals surface area contributed by atoms with Gasteiger partial charge in [0.2, 0.25) is 0 Å². The second-order valence-corrected chi connectivity index (χ2v) is 4.62. The molecule has 85 valence electrons. The summed E-state index contributed by atoms with van der Waals surface area (Å²) in [7, 11) is 0. The van der Waals surface area contributed by atoms with Gasteiger partial charge in [-0.25, -0.2) is 0 Å². The van der Waals surface area contributed by atoms with Crippen molar-refractivity contribution in [3.8, 4) is 0 Å². The van der Waals surface area contributed by atoms with E-state index in [1.165, 1.54) is 23.1 Å². The van der Waals surface area contributed by atoms with Crippen molar-refractivity contribution in [2.75, 3.05) is 6.54 Å².